The van der Waals surface area contributed by atoms with Gasteiger partial charge in [-0.3, -0.25) is 9.78 Å². The molecule has 1 fully saturated rings. The quantitative estimate of drug-likeness (QED) is 0.682. The van der Waals surface area contributed by atoms with Crippen LogP contribution in [0.5, 0.6) is 5.75 Å². The molecule has 4 rings (SSSR count). The number of rotatable bonds is 5. The van der Waals surface area contributed by atoms with Crippen LogP contribution in [0.1, 0.15) is 15.9 Å². The van der Waals surface area contributed by atoms with Crippen LogP contribution in [-0.2, 0) is 6.61 Å². The van der Waals surface area contributed by atoms with Gasteiger partial charge < -0.3 is 14.5 Å². The molecule has 0 N–H and O–H groups in total. The molecule has 2 aromatic heterocycles. The van der Waals surface area contributed by atoms with Gasteiger partial charge in [-0.2, -0.15) is 0 Å². The SMILES string of the molecule is O=C(c1ccc(OCc2cccnc2)cc1)N1CCN(c2ncccn2)CC1. The maximum absolute atomic E-state index is 12.8. The molecule has 0 atom stereocenters. The zero-order chi connectivity index (χ0) is 19.2. The molecule has 0 radical (unpaired) electrons. The summed E-state index contributed by atoms with van der Waals surface area (Å²) in [6.45, 7) is 3.20. The number of nitrogens with zero attached hydrogens (tertiary/aromatic N) is 5. The number of aromatic nitrogens is 3. The van der Waals surface area contributed by atoms with Crippen molar-refractivity contribution in [3.05, 3.63) is 78.4 Å². The maximum atomic E-state index is 12.8. The Morgan fingerprint density at radius 2 is 1.68 bits per heavy atom. The summed E-state index contributed by atoms with van der Waals surface area (Å²) in [7, 11) is 0. The fourth-order valence-corrected chi connectivity index (χ4v) is 3.09. The predicted octanol–water partition coefficient (Wildman–Crippen LogP) is 2.41. The summed E-state index contributed by atoms with van der Waals surface area (Å²) in [5.41, 5.74) is 1.67. The van der Waals surface area contributed by atoms with Crippen molar-refractivity contribution in [1.82, 2.24) is 19.9 Å². The van der Waals surface area contributed by atoms with E-state index >= 15 is 0 Å². The summed E-state index contributed by atoms with van der Waals surface area (Å²) < 4.78 is 5.75. The Kier molecular flexibility index (Phi) is 5.42. The lowest BCUT2D eigenvalue weighted by Crippen LogP contribution is -2.49. The van der Waals surface area contributed by atoms with Gasteiger partial charge >= 0.3 is 0 Å². The molecular formula is C21H21N5O2. The largest absolute Gasteiger partial charge is 0.489 e. The molecule has 1 saturated heterocycles. The summed E-state index contributed by atoms with van der Waals surface area (Å²) >= 11 is 0. The molecule has 1 amide bonds. The molecule has 0 bridgehead atoms. The van der Waals surface area contributed by atoms with E-state index in [1.54, 1.807) is 30.9 Å². The van der Waals surface area contributed by atoms with Crippen molar-refractivity contribution in [2.45, 2.75) is 6.61 Å². The number of carbonyl (C=O) groups is 1. The molecule has 28 heavy (non-hydrogen) atoms. The van der Waals surface area contributed by atoms with Crippen LogP contribution in [0.15, 0.2) is 67.3 Å². The van der Waals surface area contributed by atoms with Gasteiger partial charge in [0.25, 0.3) is 5.91 Å². The third-order valence-electron chi connectivity index (χ3n) is 4.63. The monoisotopic (exact) mass is 375 g/mol. The first-order valence-electron chi connectivity index (χ1n) is 9.22. The molecule has 7 heteroatoms. The number of anilines is 1. The number of carbonyl (C=O) groups excluding carboxylic acids is 1. The summed E-state index contributed by atoms with van der Waals surface area (Å²) in [6, 6.07) is 12.9. The molecule has 0 saturated carbocycles. The molecule has 1 aromatic carbocycles. The predicted molar refractivity (Wildman–Crippen MR) is 105 cm³/mol. The van der Waals surface area contributed by atoms with E-state index in [0.717, 1.165) is 24.4 Å². The van der Waals surface area contributed by atoms with Crippen LogP contribution >= 0.6 is 0 Å². The van der Waals surface area contributed by atoms with Gasteiger partial charge in [0.2, 0.25) is 5.95 Å². The van der Waals surface area contributed by atoms with Crippen LogP contribution in [-0.4, -0.2) is 51.9 Å². The van der Waals surface area contributed by atoms with E-state index in [9.17, 15) is 4.79 Å². The van der Waals surface area contributed by atoms with E-state index < -0.39 is 0 Å². The second-order valence-electron chi connectivity index (χ2n) is 6.50. The Bertz CT molecular complexity index is 895. The minimum absolute atomic E-state index is 0.0347. The summed E-state index contributed by atoms with van der Waals surface area (Å²) in [4.78, 5) is 29.3. The van der Waals surface area contributed by atoms with E-state index in [4.69, 9.17) is 4.74 Å². The van der Waals surface area contributed by atoms with Crippen molar-refractivity contribution in [3.8, 4) is 5.75 Å². The summed E-state index contributed by atoms with van der Waals surface area (Å²) in [5, 5.41) is 0. The van der Waals surface area contributed by atoms with Gasteiger partial charge in [0.15, 0.2) is 0 Å². The minimum atomic E-state index is 0.0347. The topological polar surface area (TPSA) is 71.5 Å². The molecule has 3 aromatic rings. The van der Waals surface area contributed by atoms with Crippen LogP contribution < -0.4 is 9.64 Å². The molecule has 0 spiro atoms. The van der Waals surface area contributed by atoms with E-state index in [-0.39, 0.29) is 5.91 Å². The van der Waals surface area contributed by atoms with Gasteiger partial charge in [-0.05, 0) is 36.4 Å². The van der Waals surface area contributed by atoms with Crippen molar-refractivity contribution in [1.29, 1.82) is 0 Å². The Morgan fingerprint density at radius 3 is 2.36 bits per heavy atom. The van der Waals surface area contributed by atoms with Crippen molar-refractivity contribution < 1.29 is 9.53 Å². The van der Waals surface area contributed by atoms with Gasteiger partial charge in [-0.25, -0.2) is 9.97 Å². The van der Waals surface area contributed by atoms with E-state index in [2.05, 4.69) is 19.9 Å². The third-order valence-corrected chi connectivity index (χ3v) is 4.63. The first-order chi connectivity index (χ1) is 13.8. The van der Waals surface area contributed by atoms with Crippen molar-refractivity contribution in [3.63, 3.8) is 0 Å². The highest BCUT2D eigenvalue weighted by atomic mass is 16.5. The van der Waals surface area contributed by atoms with Gasteiger partial charge in [-0.1, -0.05) is 6.07 Å². The van der Waals surface area contributed by atoms with Crippen molar-refractivity contribution in [2.75, 3.05) is 31.1 Å². The van der Waals surface area contributed by atoms with E-state index in [1.807, 2.05) is 41.3 Å². The van der Waals surface area contributed by atoms with Gasteiger partial charge in [-0.15, -0.1) is 0 Å². The highest BCUT2D eigenvalue weighted by Crippen LogP contribution is 2.17. The lowest BCUT2D eigenvalue weighted by molar-refractivity contribution is 0.0746. The van der Waals surface area contributed by atoms with E-state index in [1.165, 1.54) is 0 Å². The van der Waals surface area contributed by atoms with Gasteiger partial charge in [0.05, 0.1) is 0 Å². The second kappa shape index (κ2) is 8.47. The van der Waals surface area contributed by atoms with Crippen LogP contribution in [0.25, 0.3) is 0 Å². The number of benzene rings is 1. The third kappa shape index (κ3) is 4.25. The molecule has 0 aliphatic carbocycles. The Balaban J connectivity index is 1.31. The maximum Gasteiger partial charge on any atom is 0.253 e. The molecule has 7 nitrogen and oxygen atoms in total. The molecule has 1 aliphatic heterocycles. The first kappa shape index (κ1) is 17.9. The Morgan fingerprint density at radius 1 is 0.929 bits per heavy atom. The number of hydrogen-bond donors (Lipinski definition) is 0. The smallest absolute Gasteiger partial charge is 0.253 e. The lowest BCUT2D eigenvalue weighted by Gasteiger charge is -2.34. The Hall–Kier alpha value is -3.48. The zero-order valence-corrected chi connectivity index (χ0v) is 15.4. The average molecular weight is 375 g/mol. The van der Waals surface area contributed by atoms with Crippen molar-refractivity contribution in [2.24, 2.45) is 0 Å². The van der Waals surface area contributed by atoms with Gasteiger partial charge in [0.1, 0.15) is 12.4 Å². The number of piperazine rings is 1. The minimum Gasteiger partial charge on any atom is -0.489 e. The number of hydrogen-bond acceptors (Lipinski definition) is 6. The fourth-order valence-electron chi connectivity index (χ4n) is 3.09. The van der Waals surface area contributed by atoms with Crippen LogP contribution in [0, 0.1) is 0 Å². The normalized spacial score (nSPS) is 14.0. The van der Waals surface area contributed by atoms with Gasteiger partial charge in [0, 0.05) is 62.1 Å². The molecule has 142 valence electrons. The summed E-state index contributed by atoms with van der Waals surface area (Å²) in [6.07, 6.45) is 6.98. The van der Waals surface area contributed by atoms with Crippen LogP contribution in [0.2, 0.25) is 0 Å². The average Bonchev–Trinajstić information content (AvgIpc) is 2.79. The van der Waals surface area contributed by atoms with Crippen molar-refractivity contribution >= 4 is 11.9 Å². The van der Waals surface area contributed by atoms with Crippen LogP contribution in [0.4, 0.5) is 5.95 Å². The number of amides is 1. The molecule has 1 aliphatic rings. The molecule has 3 heterocycles. The zero-order valence-electron chi connectivity index (χ0n) is 15.4. The summed E-state index contributed by atoms with van der Waals surface area (Å²) in [5.74, 6) is 1.48. The Labute approximate surface area is 163 Å². The molecular weight excluding hydrogens is 354 g/mol. The standard InChI is InChI=1S/C21H21N5O2/c27-20(25-11-13-26(14-12-25)21-23-9-2-10-24-21)18-4-6-19(7-5-18)28-16-17-3-1-8-22-15-17/h1-10,15H,11-14,16H2. The fraction of sp³-hybridized carbons (Fsp3) is 0.238. The number of pyridine rings is 1. The molecule has 0 unspecified atom stereocenters. The second-order valence-corrected chi connectivity index (χ2v) is 6.50. The first-order valence-corrected chi connectivity index (χ1v) is 9.22. The highest BCUT2D eigenvalue weighted by Gasteiger charge is 2.23. The van der Waals surface area contributed by atoms with Crippen LogP contribution in [0.3, 0.4) is 0 Å². The highest BCUT2D eigenvalue weighted by molar-refractivity contribution is 5.94. The lowest BCUT2D eigenvalue weighted by atomic mass is 10.1. The van der Waals surface area contributed by atoms with E-state index in [0.29, 0.717) is 31.2 Å². The number of ether oxygens (including phenoxy) is 1.